The molecule has 70 valence electrons. The van der Waals surface area contributed by atoms with Crippen LogP contribution in [0, 0.1) is 0 Å². The monoisotopic (exact) mass is 182 g/mol. The summed E-state index contributed by atoms with van der Waals surface area (Å²) in [6.07, 6.45) is 2.83. The Labute approximate surface area is 75.6 Å². The molecule has 5 nitrogen and oxygen atoms in total. The van der Waals surface area contributed by atoms with E-state index in [2.05, 4.69) is 5.10 Å². The summed E-state index contributed by atoms with van der Waals surface area (Å²) in [4.78, 5) is 10.3. The van der Waals surface area contributed by atoms with Crippen LogP contribution < -0.4 is 9.79 Å². The maximum absolute atomic E-state index is 10.3. The largest absolute Gasteiger partial charge is 0.545 e. The Balaban J connectivity index is 2.64. The van der Waals surface area contributed by atoms with Gasteiger partial charge in [0.15, 0.2) is 12.7 Å². The quantitative estimate of drug-likeness (QED) is 0.525. The van der Waals surface area contributed by atoms with E-state index in [9.17, 15) is 9.90 Å². The lowest BCUT2D eigenvalue weighted by Crippen LogP contribution is -2.40. The van der Waals surface area contributed by atoms with Crippen LogP contribution in [0.5, 0.6) is 0 Å². The molecule has 1 heterocycles. The summed E-state index contributed by atoms with van der Waals surface area (Å²) in [7, 11) is 1.59. The number of aromatic carboxylic acids is 1. The van der Waals surface area contributed by atoms with Crippen molar-refractivity contribution >= 4 is 5.97 Å². The molecule has 5 heteroatoms. The molecule has 0 atom stereocenters. The van der Waals surface area contributed by atoms with Crippen LogP contribution in [0.4, 0.5) is 0 Å². The van der Waals surface area contributed by atoms with Crippen LogP contribution in [-0.4, -0.2) is 24.8 Å². The van der Waals surface area contributed by atoms with E-state index in [1.54, 1.807) is 18.0 Å². The molecule has 0 radical (unpaired) electrons. The molecule has 0 aliphatic rings. The second-order valence-corrected chi connectivity index (χ2v) is 2.46. The molecule has 0 fully saturated rings. The molecule has 0 amide bonds. The summed E-state index contributed by atoms with van der Waals surface area (Å²) < 4.78 is 6.43. The van der Waals surface area contributed by atoms with Crippen LogP contribution in [0.3, 0.4) is 0 Å². The standard InChI is InChI=1S/C8H10N2O3/c1-13-5-4-10-3-2-7(6-9-10)8(11)12/h2-3,6H,4-5H2,1H3. The maximum atomic E-state index is 10.3. The number of carbonyl (C=O) groups excluding carboxylic acids is 1. The molecule has 0 aliphatic carbocycles. The van der Waals surface area contributed by atoms with Crippen molar-refractivity contribution in [2.24, 2.45) is 0 Å². The van der Waals surface area contributed by atoms with Gasteiger partial charge in [-0.2, -0.15) is 0 Å². The zero-order valence-corrected chi connectivity index (χ0v) is 7.27. The number of hydrogen-bond acceptors (Lipinski definition) is 4. The van der Waals surface area contributed by atoms with Crippen molar-refractivity contribution in [2.75, 3.05) is 13.7 Å². The number of aromatic nitrogens is 2. The third-order valence-electron chi connectivity index (χ3n) is 1.53. The van der Waals surface area contributed by atoms with Crippen molar-refractivity contribution in [2.45, 2.75) is 6.54 Å². The summed E-state index contributed by atoms with van der Waals surface area (Å²) in [5, 5.41) is 14.2. The molecule has 0 saturated carbocycles. The van der Waals surface area contributed by atoms with Gasteiger partial charge in [0.05, 0.1) is 5.97 Å². The van der Waals surface area contributed by atoms with Gasteiger partial charge in [-0.1, -0.05) is 4.68 Å². The fraction of sp³-hybridized carbons (Fsp3) is 0.375. The first-order valence-corrected chi connectivity index (χ1v) is 3.80. The highest BCUT2D eigenvalue weighted by atomic mass is 16.5. The van der Waals surface area contributed by atoms with Gasteiger partial charge >= 0.3 is 0 Å². The predicted octanol–water partition coefficient (Wildman–Crippen LogP) is -1.62. The van der Waals surface area contributed by atoms with E-state index in [0.29, 0.717) is 13.2 Å². The highest BCUT2D eigenvalue weighted by Crippen LogP contribution is 1.88. The van der Waals surface area contributed by atoms with Crippen LogP contribution in [0.15, 0.2) is 18.5 Å². The summed E-state index contributed by atoms with van der Waals surface area (Å²) in [5.41, 5.74) is 0.0775. The summed E-state index contributed by atoms with van der Waals surface area (Å²) in [6, 6.07) is 1.44. The Morgan fingerprint density at radius 1 is 1.77 bits per heavy atom. The van der Waals surface area contributed by atoms with Gasteiger partial charge in [0, 0.05) is 18.7 Å². The number of carboxylic acid groups (broad SMARTS) is 1. The van der Waals surface area contributed by atoms with Gasteiger partial charge in [0.1, 0.15) is 12.8 Å². The lowest BCUT2D eigenvalue weighted by atomic mass is 10.3. The number of methoxy groups -OCH3 is 1. The van der Waals surface area contributed by atoms with Crippen molar-refractivity contribution in [3.63, 3.8) is 0 Å². The van der Waals surface area contributed by atoms with Gasteiger partial charge in [0.2, 0.25) is 0 Å². The third kappa shape index (κ3) is 2.79. The maximum Gasteiger partial charge on any atom is 0.197 e. The lowest BCUT2D eigenvalue weighted by Gasteiger charge is -1.98. The molecule has 0 aromatic carbocycles. The molecule has 0 N–H and O–H groups in total. The highest BCUT2D eigenvalue weighted by Gasteiger charge is 2.01. The van der Waals surface area contributed by atoms with Gasteiger partial charge in [-0.25, -0.2) is 0 Å². The average molecular weight is 182 g/mol. The Hall–Kier alpha value is -1.49. The average Bonchev–Trinajstić information content (AvgIpc) is 2.15. The third-order valence-corrected chi connectivity index (χ3v) is 1.53. The van der Waals surface area contributed by atoms with Gasteiger partial charge in [-0.15, -0.1) is 0 Å². The molecule has 0 saturated heterocycles. The number of rotatable bonds is 4. The first-order valence-electron chi connectivity index (χ1n) is 3.80. The van der Waals surface area contributed by atoms with E-state index < -0.39 is 5.97 Å². The molecule has 1 rings (SSSR count). The highest BCUT2D eigenvalue weighted by molar-refractivity contribution is 5.84. The summed E-state index contributed by atoms with van der Waals surface area (Å²) in [5.74, 6) is -1.22. The number of ether oxygens (including phenoxy) is 1. The van der Waals surface area contributed by atoms with E-state index in [4.69, 9.17) is 4.74 Å². The fourth-order valence-corrected chi connectivity index (χ4v) is 0.822. The minimum atomic E-state index is -1.22. The topological polar surface area (TPSA) is 66.1 Å². The van der Waals surface area contributed by atoms with Crippen molar-refractivity contribution in [1.29, 1.82) is 0 Å². The summed E-state index contributed by atoms with van der Waals surface area (Å²) in [6.45, 7) is 1.15. The van der Waals surface area contributed by atoms with E-state index in [-0.39, 0.29) is 5.56 Å². The Bertz CT molecular complexity index is 284. The first-order chi connectivity index (χ1) is 6.24. The minimum absolute atomic E-state index is 0.0775. The molecule has 13 heavy (non-hydrogen) atoms. The zero-order valence-electron chi connectivity index (χ0n) is 7.27. The van der Waals surface area contributed by atoms with Gasteiger partial charge < -0.3 is 14.6 Å². The molecular weight excluding hydrogens is 172 g/mol. The SMILES string of the molecule is COCC[n+]1ccc(C(=O)[O-])cn1. The molecule has 0 unspecified atom stereocenters. The van der Waals surface area contributed by atoms with Gasteiger partial charge in [-0.05, 0) is 5.10 Å². The van der Waals surface area contributed by atoms with E-state index in [1.165, 1.54) is 12.3 Å². The minimum Gasteiger partial charge on any atom is -0.545 e. The van der Waals surface area contributed by atoms with Crippen molar-refractivity contribution in [3.8, 4) is 0 Å². The van der Waals surface area contributed by atoms with Crippen LogP contribution >= 0.6 is 0 Å². The number of nitrogens with zero attached hydrogens (tertiary/aromatic N) is 2. The smallest absolute Gasteiger partial charge is 0.197 e. The number of hydrogen-bond donors (Lipinski definition) is 0. The van der Waals surface area contributed by atoms with E-state index in [0.717, 1.165) is 0 Å². The Kier molecular flexibility index (Phi) is 3.33. The molecule has 0 spiro atoms. The van der Waals surface area contributed by atoms with Crippen LogP contribution in [0.25, 0.3) is 0 Å². The fourth-order valence-electron chi connectivity index (χ4n) is 0.822. The number of carboxylic acids is 1. The molecule has 0 bridgehead atoms. The molecule has 1 aromatic heterocycles. The molecule has 1 aromatic rings. The lowest BCUT2D eigenvalue weighted by molar-refractivity contribution is -0.754. The zero-order chi connectivity index (χ0) is 9.68. The van der Waals surface area contributed by atoms with Crippen molar-refractivity contribution < 1.29 is 19.3 Å². The Morgan fingerprint density at radius 3 is 3.00 bits per heavy atom. The normalized spacial score (nSPS) is 9.92. The Morgan fingerprint density at radius 2 is 2.54 bits per heavy atom. The second-order valence-electron chi connectivity index (χ2n) is 2.46. The van der Waals surface area contributed by atoms with Crippen LogP contribution in [0.1, 0.15) is 10.4 Å². The van der Waals surface area contributed by atoms with Crippen LogP contribution in [-0.2, 0) is 11.3 Å². The summed E-state index contributed by atoms with van der Waals surface area (Å²) >= 11 is 0. The number of carbonyl (C=O) groups is 1. The van der Waals surface area contributed by atoms with Crippen molar-refractivity contribution in [3.05, 3.63) is 24.0 Å². The second kappa shape index (κ2) is 4.51. The molecular formula is C8H10N2O3. The first kappa shape index (κ1) is 9.60. The van der Waals surface area contributed by atoms with E-state index in [1.807, 2.05) is 0 Å². The molecule has 0 aliphatic heterocycles. The van der Waals surface area contributed by atoms with E-state index >= 15 is 0 Å². The van der Waals surface area contributed by atoms with Crippen molar-refractivity contribution in [1.82, 2.24) is 5.10 Å². The van der Waals surface area contributed by atoms with Gasteiger partial charge in [0.25, 0.3) is 0 Å². The van der Waals surface area contributed by atoms with Gasteiger partial charge in [-0.3, -0.25) is 0 Å². The predicted molar refractivity (Wildman–Crippen MR) is 40.6 cm³/mol. The van der Waals surface area contributed by atoms with Crippen LogP contribution in [0.2, 0.25) is 0 Å².